The Bertz CT molecular complexity index is 593. The van der Waals surface area contributed by atoms with Crippen LogP contribution in [0, 0.1) is 12.8 Å². The Labute approximate surface area is 151 Å². The first-order valence-corrected chi connectivity index (χ1v) is 8.76. The molecule has 0 radical (unpaired) electrons. The number of guanidine groups is 1. The topological polar surface area (TPSA) is 76.4 Å². The second-order valence-electron chi connectivity index (χ2n) is 6.54. The number of hydrogen-bond donors (Lipinski definition) is 2. The van der Waals surface area contributed by atoms with Crippen LogP contribution < -0.4 is 10.6 Å². The highest BCUT2D eigenvalue weighted by molar-refractivity contribution is 5.80. The number of aliphatic imine (C=N–C) groups is 1. The first kappa shape index (κ1) is 20.5. The smallest absolute Gasteiger partial charge is 0.383 e. The van der Waals surface area contributed by atoms with Gasteiger partial charge >= 0.3 is 6.18 Å². The zero-order chi connectivity index (χ0) is 19.2. The second kappa shape index (κ2) is 9.20. The summed E-state index contributed by atoms with van der Waals surface area (Å²) in [6.45, 7) is 3.25. The lowest BCUT2D eigenvalue weighted by Gasteiger charge is -2.31. The number of rotatable bonds is 6. The van der Waals surface area contributed by atoms with Crippen LogP contribution in [0.5, 0.6) is 0 Å². The fourth-order valence-corrected chi connectivity index (χ4v) is 2.92. The number of methoxy groups -OCH3 is 1. The van der Waals surface area contributed by atoms with Gasteiger partial charge in [0.05, 0.1) is 12.5 Å². The van der Waals surface area contributed by atoms with E-state index >= 15 is 0 Å². The van der Waals surface area contributed by atoms with E-state index in [4.69, 9.17) is 4.74 Å². The molecular formula is C16H27F3N6O. The first-order chi connectivity index (χ1) is 12.3. The first-order valence-electron chi connectivity index (χ1n) is 8.76. The van der Waals surface area contributed by atoms with Gasteiger partial charge in [0, 0.05) is 26.7 Å². The maximum atomic E-state index is 12.8. The lowest BCUT2D eigenvalue weighted by molar-refractivity contribution is -0.182. The van der Waals surface area contributed by atoms with Gasteiger partial charge in [0.25, 0.3) is 0 Å². The van der Waals surface area contributed by atoms with E-state index in [1.165, 1.54) is 0 Å². The molecule has 0 saturated heterocycles. The average molecular weight is 376 g/mol. The van der Waals surface area contributed by atoms with Crippen LogP contribution in [0.4, 0.5) is 13.2 Å². The van der Waals surface area contributed by atoms with Crippen molar-refractivity contribution in [3.05, 3.63) is 11.6 Å². The van der Waals surface area contributed by atoms with E-state index in [1.807, 2.05) is 18.5 Å². The summed E-state index contributed by atoms with van der Waals surface area (Å²) in [5.74, 6) is 0.876. The van der Waals surface area contributed by atoms with Crippen molar-refractivity contribution in [1.82, 2.24) is 25.4 Å². The largest absolute Gasteiger partial charge is 0.391 e. The van der Waals surface area contributed by atoms with Gasteiger partial charge in [-0.15, -0.1) is 10.2 Å². The molecule has 7 nitrogen and oxygen atoms in total. The fraction of sp³-hybridized carbons (Fsp3) is 0.812. The molecule has 0 amide bonds. The highest BCUT2D eigenvalue weighted by Gasteiger charge is 2.41. The molecule has 10 heteroatoms. The van der Waals surface area contributed by atoms with Gasteiger partial charge in [0.2, 0.25) is 0 Å². The van der Waals surface area contributed by atoms with Gasteiger partial charge in [-0.2, -0.15) is 13.2 Å². The molecule has 1 fully saturated rings. The monoisotopic (exact) mass is 376 g/mol. The molecule has 0 aliphatic heterocycles. The van der Waals surface area contributed by atoms with Crippen molar-refractivity contribution in [1.29, 1.82) is 0 Å². The van der Waals surface area contributed by atoms with Crippen molar-refractivity contribution in [2.45, 2.75) is 51.4 Å². The summed E-state index contributed by atoms with van der Waals surface area (Å²) in [5, 5.41) is 14.4. The number of nitrogens with zero attached hydrogens (tertiary/aromatic N) is 4. The molecule has 1 aliphatic rings. The molecule has 0 bridgehead atoms. The van der Waals surface area contributed by atoms with Gasteiger partial charge in [-0.05, 0) is 32.6 Å². The number of ether oxygens (including phenoxy) is 1. The zero-order valence-electron chi connectivity index (χ0n) is 15.4. The van der Waals surface area contributed by atoms with Gasteiger partial charge in [0.1, 0.15) is 12.4 Å². The molecule has 1 saturated carbocycles. The Balaban J connectivity index is 1.94. The summed E-state index contributed by atoms with van der Waals surface area (Å²) < 4.78 is 45.3. The maximum Gasteiger partial charge on any atom is 0.391 e. The molecule has 0 unspecified atom stereocenters. The van der Waals surface area contributed by atoms with Gasteiger partial charge in [0.15, 0.2) is 11.8 Å². The molecule has 0 aromatic carbocycles. The van der Waals surface area contributed by atoms with E-state index in [1.54, 1.807) is 7.11 Å². The van der Waals surface area contributed by atoms with Gasteiger partial charge in [-0.3, -0.25) is 0 Å². The molecule has 0 atom stereocenters. The summed E-state index contributed by atoms with van der Waals surface area (Å²) in [7, 11) is 3.47. The van der Waals surface area contributed by atoms with Crippen LogP contribution in [0.15, 0.2) is 4.99 Å². The van der Waals surface area contributed by atoms with Crippen molar-refractivity contribution in [2.24, 2.45) is 18.0 Å². The normalized spacial score (nSPS) is 21.7. The van der Waals surface area contributed by atoms with Crippen molar-refractivity contribution in [2.75, 3.05) is 20.3 Å². The molecule has 26 heavy (non-hydrogen) atoms. The summed E-state index contributed by atoms with van der Waals surface area (Å²) in [6, 6.07) is -0.0244. The van der Waals surface area contributed by atoms with E-state index in [9.17, 15) is 13.2 Å². The molecule has 148 valence electrons. The molecule has 2 N–H and O–H groups in total. The standard InChI is InChI=1S/C16H27F3N6O/c1-11-23-24-14(25(11)2)10-21-15(20-8-9-26-3)22-13-6-4-12(5-7-13)16(17,18)19/h12-13H,4-10H2,1-3H3,(H2,20,21,22). The quantitative estimate of drug-likeness (QED) is 0.451. The molecule has 1 aromatic rings. The Morgan fingerprint density at radius 3 is 2.50 bits per heavy atom. The Morgan fingerprint density at radius 1 is 1.27 bits per heavy atom. The van der Waals surface area contributed by atoms with Gasteiger partial charge in [-0.25, -0.2) is 4.99 Å². The summed E-state index contributed by atoms with van der Waals surface area (Å²) >= 11 is 0. The number of hydrogen-bond acceptors (Lipinski definition) is 4. The van der Waals surface area contributed by atoms with Crippen LogP contribution in [-0.2, 0) is 18.3 Å². The van der Waals surface area contributed by atoms with Crippen LogP contribution in [0.1, 0.15) is 37.3 Å². The molecule has 1 aromatic heterocycles. The van der Waals surface area contributed by atoms with E-state index < -0.39 is 12.1 Å². The SMILES string of the molecule is COCCNC(=NCc1nnc(C)n1C)NC1CCC(C(F)(F)F)CC1. The zero-order valence-corrected chi connectivity index (χ0v) is 15.4. The number of halogens is 3. The minimum atomic E-state index is -4.10. The second-order valence-corrected chi connectivity index (χ2v) is 6.54. The molecule has 2 rings (SSSR count). The summed E-state index contributed by atoms with van der Waals surface area (Å²) in [6.07, 6.45) is -2.86. The lowest BCUT2D eigenvalue weighted by Crippen LogP contribution is -2.46. The van der Waals surface area contributed by atoms with Crippen molar-refractivity contribution < 1.29 is 17.9 Å². The van der Waals surface area contributed by atoms with E-state index in [0.717, 1.165) is 11.6 Å². The molecule has 1 aliphatic carbocycles. The Kier molecular flexibility index (Phi) is 7.24. The van der Waals surface area contributed by atoms with Crippen LogP contribution >= 0.6 is 0 Å². The van der Waals surface area contributed by atoms with Crippen LogP contribution in [0.2, 0.25) is 0 Å². The number of alkyl halides is 3. The van der Waals surface area contributed by atoms with Gasteiger partial charge < -0.3 is 19.9 Å². The van der Waals surface area contributed by atoms with Gasteiger partial charge in [-0.1, -0.05) is 0 Å². The third-order valence-electron chi connectivity index (χ3n) is 4.69. The number of aryl methyl sites for hydroxylation is 1. The third-order valence-corrected chi connectivity index (χ3v) is 4.69. The predicted octanol–water partition coefficient (Wildman–Crippen LogP) is 1.93. The highest BCUT2D eigenvalue weighted by atomic mass is 19.4. The van der Waals surface area contributed by atoms with Crippen LogP contribution in [0.25, 0.3) is 0 Å². The van der Waals surface area contributed by atoms with Crippen LogP contribution in [0.3, 0.4) is 0 Å². The van der Waals surface area contributed by atoms with Crippen molar-refractivity contribution in [3.63, 3.8) is 0 Å². The molecular weight excluding hydrogens is 349 g/mol. The molecule has 1 heterocycles. The fourth-order valence-electron chi connectivity index (χ4n) is 2.92. The van der Waals surface area contributed by atoms with E-state index in [0.29, 0.717) is 38.5 Å². The van der Waals surface area contributed by atoms with Crippen LogP contribution in [-0.4, -0.2) is 53.2 Å². The van der Waals surface area contributed by atoms with Crippen molar-refractivity contribution in [3.8, 4) is 0 Å². The maximum absolute atomic E-state index is 12.8. The average Bonchev–Trinajstić information content (AvgIpc) is 2.91. The summed E-state index contributed by atoms with van der Waals surface area (Å²) in [4.78, 5) is 4.50. The number of nitrogens with one attached hydrogen (secondary N) is 2. The number of aromatic nitrogens is 3. The third kappa shape index (κ3) is 5.86. The summed E-state index contributed by atoms with van der Waals surface area (Å²) in [5.41, 5.74) is 0. The lowest BCUT2D eigenvalue weighted by atomic mass is 9.85. The Hall–Kier alpha value is -1.84. The van der Waals surface area contributed by atoms with E-state index in [2.05, 4.69) is 25.8 Å². The minimum Gasteiger partial charge on any atom is -0.383 e. The molecule has 0 spiro atoms. The predicted molar refractivity (Wildman–Crippen MR) is 91.7 cm³/mol. The highest BCUT2D eigenvalue weighted by Crippen LogP contribution is 2.37. The van der Waals surface area contributed by atoms with Crippen molar-refractivity contribution >= 4 is 5.96 Å². The minimum absolute atomic E-state index is 0.0244. The van der Waals surface area contributed by atoms with E-state index in [-0.39, 0.29) is 18.9 Å². The Morgan fingerprint density at radius 2 is 1.96 bits per heavy atom.